The summed E-state index contributed by atoms with van der Waals surface area (Å²) in [6.45, 7) is 0. The summed E-state index contributed by atoms with van der Waals surface area (Å²) in [6.07, 6.45) is 3.51. The van der Waals surface area contributed by atoms with Gasteiger partial charge < -0.3 is 0 Å². The fourth-order valence-corrected chi connectivity index (χ4v) is 1.70. The van der Waals surface area contributed by atoms with Crippen molar-refractivity contribution in [2.24, 2.45) is 0 Å². The van der Waals surface area contributed by atoms with Crippen molar-refractivity contribution in [2.45, 2.75) is 0 Å². The van der Waals surface area contributed by atoms with E-state index >= 15 is 0 Å². The molecule has 0 atom stereocenters. The van der Waals surface area contributed by atoms with Crippen molar-refractivity contribution < 1.29 is 0 Å². The molecule has 0 radical (unpaired) electrons. The summed E-state index contributed by atoms with van der Waals surface area (Å²) in [4.78, 5) is 4.09. The fraction of sp³-hybridized carbons (Fsp3) is 0. The van der Waals surface area contributed by atoms with Crippen LogP contribution in [0.25, 0.3) is 11.1 Å². The van der Waals surface area contributed by atoms with E-state index in [1.165, 1.54) is 0 Å². The van der Waals surface area contributed by atoms with Crippen molar-refractivity contribution in [3.63, 3.8) is 0 Å². The highest BCUT2D eigenvalue weighted by molar-refractivity contribution is 9.10. The maximum atomic E-state index is 8.79. The molecule has 0 N–H and O–H groups in total. The molecule has 15 heavy (non-hydrogen) atoms. The van der Waals surface area contributed by atoms with Gasteiger partial charge in [-0.1, -0.05) is 12.1 Å². The van der Waals surface area contributed by atoms with Crippen LogP contribution in [-0.4, -0.2) is 4.98 Å². The number of hydrogen-bond acceptors (Lipinski definition) is 2. The molecule has 0 amide bonds. The van der Waals surface area contributed by atoms with Crippen molar-refractivity contribution in [1.29, 1.82) is 5.26 Å². The lowest BCUT2D eigenvalue weighted by Crippen LogP contribution is -1.81. The van der Waals surface area contributed by atoms with E-state index in [4.69, 9.17) is 5.26 Å². The molecule has 1 heterocycles. The molecule has 2 aromatic rings. The van der Waals surface area contributed by atoms with E-state index in [-0.39, 0.29) is 0 Å². The van der Waals surface area contributed by atoms with Crippen LogP contribution in [0.4, 0.5) is 0 Å². The highest BCUT2D eigenvalue weighted by atomic mass is 79.9. The Morgan fingerprint density at radius 1 is 1.13 bits per heavy atom. The second kappa shape index (κ2) is 4.24. The zero-order valence-corrected chi connectivity index (χ0v) is 9.40. The molecule has 0 aliphatic heterocycles. The summed E-state index contributed by atoms with van der Waals surface area (Å²) in [5.74, 6) is 0. The van der Waals surface area contributed by atoms with E-state index in [0.29, 0.717) is 5.56 Å². The molecule has 0 spiro atoms. The second-order valence-corrected chi connectivity index (χ2v) is 4.00. The van der Waals surface area contributed by atoms with Gasteiger partial charge in [-0.25, -0.2) is 0 Å². The smallest absolute Gasteiger partial charge is 0.0991 e. The molecule has 0 saturated heterocycles. The van der Waals surface area contributed by atoms with Crippen molar-refractivity contribution >= 4 is 15.9 Å². The Hall–Kier alpha value is -1.66. The first-order valence-electron chi connectivity index (χ1n) is 4.41. The van der Waals surface area contributed by atoms with Crippen LogP contribution < -0.4 is 0 Å². The number of pyridine rings is 1. The van der Waals surface area contributed by atoms with Gasteiger partial charge in [-0.3, -0.25) is 4.98 Å². The SMILES string of the molecule is N#Cc1cccc(-c2cncc(Br)c2)c1. The van der Waals surface area contributed by atoms with Gasteiger partial charge in [0.05, 0.1) is 11.6 Å². The highest BCUT2D eigenvalue weighted by Crippen LogP contribution is 2.22. The zero-order chi connectivity index (χ0) is 10.7. The summed E-state index contributed by atoms with van der Waals surface area (Å²) < 4.78 is 0.933. The summed E-state index contributed by atoms with van der Waals surface area (Å²) >= 11 is 3.37. The Morgan fingerprint density at radius 2 is 2.00 bits per heavy atom. The number of benzene rings is 1. The largest absolute Gasteiger partial charge is 0.263 e. The molecule has 3 heteroatoms. The first-order chi connectivity index (χ1) is 7.29. The molecule has 72 valence electrons. The lowest BCUT2D eigenvalue weighted by molar-refractivity contribution is 1.31. The summed E-state index contributed by atoms with van der Waals surface area (Å²) in [5, 5.41) is 8.79. The third-order valence-corrected chi connectivity index (χ3v) is 2.46. The van der Waals surface area contributed by atoms with Gasteiger partial charge in [0, 0.05) is 22.4 Å². The molecule has 0 aliphatic rings. The summed E-state index contributed by atoms with van der Waals surface area (Å²) in [6, 6.07) is 11.6. The van der Waals surface area contributed by atoms with Crippen LogP contribution in [0.1, 0.15) is 5.56 Å². The Labute approximate surface area is 96.3 Å². The standard InChI is InChI=1S/C12H7BrN2/c13-12-5-11(7-15-8-12)10-3-1-2-9(4-10)6-14/h1-5,7-8H. The van der Waals surface area contributed by atoms with Crippen LogP contribution in [0.2, 0.25) is 0 Å². The van der Waals surface area contributed by atoms with Gasteiger partial charge in [0.2, 0.25) is 0 Å². The van der Waals surface area contributed by atoms with E-state index in [1.807, 2.05) is 24.3 Å². The van der Waals surface area contributed by atoms with Crippen molar-refractivity contribution in [3.05, 3.63) is 52.8 Å². The molecule has 1 aromatic carbocycles. The van der Waals surface area contributed by atoms with E-state index < -0.39 is 0 Å². The fourth-order valence-electron chi connectivity index (χ4n) is 1.34. The minimum absolute atomic E-state index is 0.660. The molecule has 0 aliphatic carbocycles. The summed E-state index contributed by atoms with van der Waals surface area (Å²) in [5.41, 5.74) is 2.66. The van der Waals surface area contributed by atoms with Gasteiger partial charge in [-0.2, -0.15) is 5.26 Å². The zero-order valence-electron chi connectivity index (χ0n) is 7.81. The average Bonchev–Trinajstić information content (AvgIpc) is 2.29. The Kier molecular flexibility index (Phi) is 2.79. The van der Waals surface area contributed by atoms with Crippen LogP contribution in [0.3, 0.4) is 0 Å². The Morgan fingerprint density at radius 3 is 2.73 bits per heavy atom. The molecule has 0 fully saturated rings. The molecule has 0 bridgehead atoms. The number of nitrogens with zero attached hydrogens (tertiary/aromatic N) is 2. The molecular weight excluding hydrogens is 252 g/mol. The first kappa shape index (κ1) is 9.88. The molecule has 0 saturated carbocycles. The number of nitriles is 1. The summed E-state index contributed by atoms with van der Waals surface area (Å²) in [7, 11) is 0. The third kappa shape index (κ3) is 2.23. The predicted octanol–water partition coefficient (Wildman–Crippen LogP) is 3.38. The lowest BCUT2D eigenvalue weighted by Gasteiger charge is -2.01. The van der Waals surface area contributed by atoms with Crippen LogP contribution in [-0.2, 0) is 0 Å². The van der Waals surface area contributed by atoms with E-state index in [1.54, 1.807) is 18.5 Å². The first-order valence-corrected chi connectivity index (χ1v) is 5.20. The molecule has 2 nitrogen and oxygen atoms in total. The van der Waals surface area contributed by atoms with Gasteiger partial charge in [-0.05, 0) is 39.7 Å². The number of halogens is 1. The van der Waals surface area contributed by atoms with E-state index in [0.717, 1.165) is 15.6 Å². The van der Waals surface area contributed by atoms with Crippen molar-refractivity contribution in [3.8, 4) is 17.2 Å². The molecular formula is C12H7BrN2. The minimum Gasteiger partial charge on any atom is -0.263 e. The van der Waals surface area contributed by atoms with Gasteiger partial charge in [0.15, 0.2) is 0 Å². The topological polar surface area (TPSA) is 36.7 Å². The van der Waals surface area contributed by atoms with Crippen LogP contribution >= 0.6 is 15.9 Å². The third-order valence-electron chi connectivity index (χ3n) is 2.03. The van der Waals surface area contributed by atoms with Gasteiger partial charge in [0.1, 0.15) is 0 Å². The number of rotatable bonds is 1. The van der Waals surface area contributed by atoms with Crippen molar-refractivity contribution in [2.75, 3.05) is 0 Å². The van der Waals surface area contributed by atoms with Crippen LogP contribution in [0, 0.1) is 11.3 Å². The maximum absolute atomic E-state index is 8.79. The van der Waals surface area contributed by atoms with Crippen LogP contribution in [0.5, 0.6) is 0 Å². The predicted molar refractivity (Wildman–Crippen MR) is 62.1 cm³/mol. The quantitative estimate of drug-likeness (QED) is 0.787. The molecule has 0 unspecified atom stereocenters. The lowest BCUT2D eigenvalue weighted by atomic mass is 10.1. The maximum Gasteiger partial charge on any atom is 0.0991 e. The monoisotopic (exact) mass is 258 g/mol. The van der Waals surface area contributed by atoms with E-state index in [9.17, 15) is 0 Å². The highest BCUT2D eigenvalue weighted by Gasteiger charge is 1.99. The van der Waals surface area contributed by atoms with E-state index in [2.05, 4.69) is 27.0 Å². The normalized spacial score (nSPS) is 9.60. The number of aromatic nitrogens is 1. The van der Waals surface area contributed by atoms with Crippen LogP contribution in [0.15, 0.2) is 47.2 Å². The molecule has 1 aromatic heterocycles. The Balaban J connectivity index is 2.50. The van der Waals surface area contributed by atoms with Gasteiger partial charge in [0.25, 0.3) is 0 Å². The minimum atomic E-state index is 0.660. The Bertz CT molecular complexity index is 529. The van der Waals surface area contributed by atoms with Gasteiger partial charge in [-0.15, -0.1) is 0 Å². The second-order valence-electron chi connectivity index (χ2n) is 3.08. The average molecular weight is 259 g/mol. The van der Waals surface area contributed by atoms with Crippen molar-refractivity contribution in [1.82, 2.24) is 4.98 Å². The molecule has 2 rings (SSSR count). The van der Waals surface area contributed by atoms with Gasteiger partial charge >= 0.3 is 0 Å². The number of hydrogen-bond donors (Lipinski definition) is 0.